The number of rotatable bonds is 4. The molecule has 0 saturated carbocycles. The van der Waals surface area contributed by atoms with Crippen LogP contribution < -0.4 is 0 Å². The predicted molar refractivity (Wildman–Crippen MR) is 35.5 cm³/mol. The van der Waals surface area contributed by atoms with Gasteiger partial charge in [-0.2, -0.15) is 0 Å². The summed E-state index contributed by atoms with van der Waals surface area (Å²) in [4.78, 5) is 0. The third kappa shape index (κ3) is 6.18. The first-order valence-electron chi connectivity index (χ1n) is 2.99. The Kier molecular flexibility index (Phi) is 6.33. The molecule has 0 unspecified atom stereocenters. The van der Waals surface area contributed by atoms with E-state index in [0.29, 0.717) is 0 Å². The molecule has 0 aliphatic carbocycles. The van der Waals surface area contributed by atoms with Crippen LogP contribution in [0.25, 0.3) is 0 Å². The van der Waals surface area contributed by atoms with Gasteiger partial charge in [-0.05, 0) is 6.42 Å². The van der Waals surface area contributed by atoms with E-state index in [1.54, 1.807) is 0 Å². The fourth-order valence-electron chi connectivity index (χ4n) is 0.391. The Bertz CT molecular complexity index is 27.3. The average molecular weight is 118 g/mol. The lowest BCUT2D eigenvalue weighted by atomic mass is 10.5. The SMILES string of the molecule is CCCOC[SiH2]C. The molecule has 44 valence electrons. The molecular weight excluding hydrogens is 104 g/mol. The van der Waals surface area contributed by atoms with Gasteiger partial charge in [0, 0.05) is 22.4 Å². The second-order valence-electron chi connectivity index (χ2n) is 1.61. The third-order valence-electron chi connectivity index (χ3n) is 0.697. The van der Waals surface area contributed by atoms with Crippen LogP contribution in [-0.4, -0.2) is 22.4 Å². The quantitative estimate of drug-likeness (QED) is 0.388. The van der Waals surface area contributed by atoms with E-state index in [9.17, 15) is 0 Å². The molecule has 2 heteroatoms. The van der Waals surface area contributed by atoms with Crippen LogP contribution in [0.5, 0.6) is 0 Å². The van der Waals surface area contributed by atoms with E-state index in [2.05, 4.69) is 13.5 Å². The zero-order valence-corrected chi connectivity index (χ0v) is 6.65. The van der Waals surface area contributed by atoms with Gasteiger partial charge in [0.1, 0.15) is 0 Å². The first-order chi connectivity index (χ1) is 3.41. The van der Waals surface area contributed by atoms with E-state index < -0.39 is 0 Å². The molecule has 7 heavy (non-hydrogen) atoms. The molecule has 0 heterocycles. The molecule has 0 atom stereocenters. The molecule has 0 aromatic rings. The van der Waals surface area contributed by atoms with Crippen LogP contribution in [0.15, 0.2) is 0 Å². The predicted octanol–water partition coefficient (Wildman–Crippen LogP) is 0.587. The lowest BCUT2D eigenvalue weighted by Gasteiger charge is -1.95. The highest BCUT2D eigenvalue weighted by molar-refractivity contribution is 6.33. The topological polar surface area (TPSA) is 9.23 Å². The lowest BCUT2D eigenvalue weighted by molar-refractivity contribution is 0.178. The van der Waals surface area contributed by atoms with Gasteiger partial charge in [0.05, 0.1) is 0 Å². The first kappa shape index (κ1) is 7.18. The maximum absolute atomic E-state index is 5.19. The Morgan fingerprint density at radius 3 is 2.71 bits per heavy atom. The van der Waals surface area contributed by atoms with E-state index in [4.69, 9.17) is 4.74 Å². The summed E-state index contributed by atoms with van der Waals surface area (Å²) in [5.41, 5.74) is 0. The van der Waals surface area contributed by atoms with Crippen molar-refractivity contribution in [2.24, 2.45) is 0 Å². The minimum absolute atomic E-state index is 0.171. The second kappa shape index (κ2) is 6.18. The van der Waals surface area contributed by atoms with Crippen LogP contribution in [0.1, 0.15) is 13.3 Å². The number of hydrogen-bond donors (Lipinski definition) is 0. The van der Waals surface area contributed by atoms with Gasteiger partial charge in [0.2, 0.25) is 0 Å². The molecule has 0 aliphatic rings. The van der Waals surface area contributed by atoms with Crippen LogP contribution in [0.4, 0.5) is 0 Å². The summed E-state index contributed by atoms with van der Waals surface area (Å²) in [6.07, 6.45) is 2.22. The highest BCUT2D eigenvalue weighted by atomic mass is 28.2. The van der Waals surface area contributed by atoms with Crippen molar-refractivity contribution >= 4 is 9.52 Å². The van der Waals surface area contributed by atoms with Crippen molar-refractivity contribution in [3.63, 3.8) is 0 Å². The van der Waals surface area contributed by atoms with Gasteiger partial charge >= 0.3 is 0 Å². The van der Waals surface area contributed by atoms with Crippen molar-refractivity contribution in [2.75, 3.05) is 12.8 Å². The molecular formula is C5H14OSi. The maximum atomic E-state index is 5.19. The summed E-state index contributed by atoms with van der Waals surface area (Å²) in [6, 6.07) is 0. The van der Waals surface area contributed by atoms with E-state index in [0.717, 1.165) is 19.3 Å². The summed E-state index contributed by atoms with van der Waals surface area (Å²) >= 11 is 0. The monoisotopic (exact) mass is 118 g/mol. The van der Waals surface area contributed by atoms with E-state index >= 15 is 0 Å². The van der Waals surface area contributed by atoms with Gasteiger partial charge in [-0.25, -0.2) is 0 Å². The molecule has 0 rings (SSSR count). The molecule has 1 nitrogen and oxygen atoms in total. The summed E-state index contributed by atoms with van der Waals surface area (Å²) in [5.74, 6) is 0. The zero-order chi connectivity index (χ0) is 5.54. The standard InChI is InChI=1S/C5H14OSi/c1-3-4-6-5-7-2/h3-5,7H2,1-2H3. The summed E-state index contributed by atoms with van der Waals surface area (Å²) in [5, 5.41) is 0. The van der Waals surface area contributed by atoms with Crippen LogP contribution in [0.3, 0.4) is 0 Å². The lowest BCUT2D eigenvalue weighted by Crippen LogP contribution is -1.99. The van der Waals surface area contributed by atoms with Crippen LogP contribution >= 0.6 is 0 Å². The summed E-state index contributed by atoms with van der Waals surface area (Å²) < 4.78 is 5.19. The Balaban J connectivity index is 2.45. The van der Waals surface area contributed by atoms with E-state index in [-0.39, 0.29) is 9.52 Å². The Labute approximate surface area is 47.9 Å². The van der Waals surface area contributed by atoms with Crippen molar-refractivity contribution < 1.29 is 4.74 Å². The van der Waals surface area contributed by atoms with Gasteiger partial charge < -0.3 is 4.74 Å². The fourth-order valence-corrected chi connectivity index (χ4v) is 0.884. The molecule has 0 spiro atoms. The summed E-state index contributed by atoms with van der Waals surface area (Å²) in [6.45, 7) is 5.35. The normalized spacial score (nSPS) is 11.1. The number of hydrogen-bond acceptors (Lipinski definition) is 1. The smallest absolute Gasteiger partial charge is 0.0485 e. The largest absolute Gasteiger partial charge is 0.385 e. The van der Waals surface area contributed by atoms with Crippen molar-refractivity contribution in [2.45, 2.75) is 19.9 Å². The van der Waals surface area contributed by atoms with Gasteiger partial charge in [0.25, 0.3) is 0 Å². The molecule has 0 aromatic carbocycles. The Morgan fingerprint density at radius 2 is 2.29 bits per heavy atom. The highest BCUT2D eigenvalue weighted by Gasteiger charge is 1.78. The maximum Gasteiger partial charge on any atom is 0.0485 e. The van der Waals surface area contributed by atoms with Crippen LogP contribution in [-0.2, 0) is 4.74 Å². The van der Waals surface area contributed by atoms with Crippen LogP contribution in [0.2, 0.25) is 6.55 Å². The second-order valence-corrected chi connectivity index (χ2v) is 3.02. The van der Waals surface area contributed by atoms with Crippen molar-refractivity contribution in [1.29, 1.82) is 0 Å². The van der Waals surface area contributed by atoms with E-state index in [1.807, 2.05) is 0 Å². The highest BCUT2D eigenvalue weighted by Crippen LogP contribution is 1.76. The number of ether oxygens (including phenoxy) is 1. The Morgan fingerprint density at radius 1 is 1.57 bits per heavy atom. The van der Waals surface area contributed by atoms with Crippen LogP contribution in [0, 0.1) is 0 Å². The van der Waals surface area contributed by atoms with Crippen molar-refractivity contribution in [1.82, 2.24) is 0 Å². The molecule has 0 N–H and O–H groups in total. The third-order valence-corrected chi connectivity index (χ3v) is 1.39. The van der Waals surface area contributed by atoms with Gasteiger partial charge in [0.15, 0.2) is 0 Å². The molecule has 0 fully saturated rings. The molecule has 0 bridgehead atoms. The Hall–Kier alpha value is 0.177. The molecule has 0 amide bonds. The van der Waals surface area contributed by atoms with Gasteiger partial charge in [-0.1, -0.05) is 13.5 Å². The molecule has 0 aliphatic heterocycles. The minimum atomic E-state index is 0.171. The fraction of sp³-hybridized carbons (Fsp3) is 1.00. The minimum Gasteiger partial charge on any atom is -0.385 e. The van der Waals surface area contributed by atoms with Crippen molar-refractivity contribution in [3.05, 3.63) is 0 Å². The molecule has 0 radical (unpaired) electrons. The molecule has 0 aromatic heterocycles. The first-order valence-corrected chi connectivity index (χ1v) is 5.41. The van der Waals surface area contributed by atoms with Gasteiger partial charge in [-0.15, -0.1) is 0 Å². The van der Waals surface area contributed by atoms with E-state index in [1.165, 1.54) is 0 Å². The average Bonchev–Trinajstić information content (AvgIpc) is 1.69. The summed E-state index contributed by atoms with van der Waals surface area (Å²) in [7, 11) is 0.171. The molecule has 0 saturated heterocycles. The zero-order valence-electron chi connectivity index (χ0n) is 5.24. The van der Waals surface area contributed by atoms with Crippen molar-refractivity contribution in [3.8, 4) is 0 Å². The van der Waals surface area contributed by atoms with Gasteiger partial charge in [-0.3, -0.25) is 0 Å².